The van der Waals surface area contributed by atoms with Crippen molar-refractivity contribution in [3.05, 3.63) is 55.0 Å². The summed E-state index contributed by atoms with van der Waals surface area (Å²) in [6, 6.07) is 5.89. The van der Waals surface area contributed by atoms with E-state index in [-0.39, 0.29) is 0 Å². The van der Waals surface area contributed by atoms with Gasteiger partial charge in [-0.15, -0.1) is 13.2 Å². The molecule has 0 saturated heterocycles. The SMILES string of the molecule is C=CCc1cccc(CC=C)[o+]1. The van der Waals surface area contributed by atoms with Crippen LogP contribution < -0.4 is 0 Å². The summed E-state index contributed by atoms with van der Waals surface area (Å²) in [5, 5.41) is 0. The van der Waals surface area contributed by atoms with Crippen LogP contribution in [-0.4, -0.2) is 0 Å². The number of allylic oxidation sites excluding steroid dienone is 2. The van der Waals surface area contributed by atoms with Gasteiger partial charge in [0, 0.05) is 12.1 Å². The molecule has 0 aliphatic carbocycles. The minimum absolute atomic E-state index is 0.783. The zero-order valence-electron chi connectivity index (χ0n) is 7.12. The third kappa shape index (κ3) is 2.35. The van der Waals surface area contributed by atoms with Crippen LogP contribution in [0.5, 0.6) is 0 Å². The van der Waals surface area contributed by atoms with E-state index in [1.54, 1.807) is 0 Å². The average Bonchev–Trinajstić information content (AvgIpc) is 2.06. The fourth-order valence-corrected chi connectivity index (χ4v) is 1.00. The quantitative estimate of drug-likeness (QED) is 0.488. The maximum Gasteiger partial charge on any atom is 0.333 e. The Kier molecular flexibility index (Phi) is 3.27. The second kappa shape index (κ2) is 4.50. The van der Waals surface area contributed by atoms with E-state index in [0.717, 1.165) is 24.4 Å². The molecule has 0 saturated carbocycles. The van der Waals surface area contributed by atoms with E-state index < -0.39 is 0 Å². The van der Waals surface area contributed by atoms with E-state index in [1.165, 1.54) is 0 Å². The second-order valence-electron chi connectivity index (χ2n) is 2.55. The van der Waals surface area contributed by atoms with Crippen LogP contribution in [0.15, 0.2) is 47.9 Å². The zero-order valence-corrected chi connectivity index (χ0v) is 7.12. The Hall–Kier alpha value is -1.37. The van der Waals surface area contributed by atoms with Gasteiger partial charge in [0.25, 0.3) is 0 Å². The van der Waals surface area contributed by atoms with Crippen LogP contribution in [0.25, 0.3) is 0 Å². The van der Waals surface area contributed by atoms with Crippen molar-refractivity contribution in [3.63, 3.8) is 0 Å². The number of hydrogen-bond acceptors (Lipinski definition) is 0. The van der Waals surface area contributed by atoms with Crippen molar-refractivity contribution < 1.29 is 4.42 Å². The summed E-state index contributed by atoms with van der Waals surface area (Å²) in [5.41, 5.74) is 0. The Morgan fingerprint density at radius 2 is 1.58 bits per heavy atom. The molecule has 1 nitrogen and oxygen atoms in total. The highest BCUT2D eigenvalue weighted by Gasteiger charge is 2.08. The van der Waals surface area contributed by atoms with Crippen molar-refractivity contribution in [1.82, 2.24) is 0 Å². The molecule has 0 radical (unpaired) electrons. The maximum absolute atomic E-state index is 5.52. The zero-order chi connectivity index (χ0) is 8.81. The van der Waals surface area contributed by atoms with Crippen molar-refractivity contribution in [2.45, 2.75) is 12.8 Å². The summed E-state index contributed by atoms with van der Waals surface area (Å²) in [4.78, 5) is 0. The van der Waals surface area contributed by atoms with Gasteiger partial charge in [-0.1, -0.05) is 12.2 Å². The monoisotopic (exact) mass is 161 g/mol. The largest absolute Gasteiger partial charge is 0.333 e. The van der Waals surface area contributed by atoms with E-state index in [0.29, 0.717) is 0 Å². The predicted octanol–water partition coefficient (Wildman–Crippen LogP) is 3.02. The lowest BCUT2D eigenvalue weighted by Crippen LogP contribution is -1.84. The molecule has 0 fully saturated rings. The van der Waals surface area contributed by atoms with E-state index in [4.69, 9.17) is 4.42 Å². The fourth-order valence-electron chi connectivity index (χ4n) is 1.00. The molecule has 0 aliphatic rings. The van der Waals surface area contributed by atoms with Crippen LogP contribution >= 0.6 is 0 Å². The number of rotatable bonds is 4. The van der Waals surface area contributed by atoms with Crippen LogP contribution in [-0.2, 0) is 12.8 Å². The summed E-state index contributed by atoms with van der Waals surface area (Å²) in [6.45, 7) is 7.30. The van der Waals surface area contributed by atoms with E-state index >= 15 is 0 Å². The summed E-state index contributed by atoms with van der Waals surface area (Å²) < 4.78 is 5.52. The fraction of sp³-hybridized carbons (Fsp3) is 0.182. The highest BCUT2D eigenvalue weighted by atomic mass is 16.3. The lowest BCUT2D eigenvalue weighted by atomic mass is 10.2. The van der Waals surface area contributed by atoms with Crippen LogP contribution in [0.3, 0.4) is 0 Å². The van der Waals surface area contributed by atoms with Crippen LogP contribution in [0.4, 0.5) is 0 Å². The molecule has 0 unspecified atom stereocenters. The lowest BCUT2D eigenvalue weighted by Gasteiger charge is -1.85. The van der Waals surface area contributed by atoms with Crippen LogP contribution in [0.1, 0.15) is 11.5 Å². The molecule has 1 rings (SSSR count). The van der Waals surface area contributed by atoms with Gasteiger partial charge >= 0.3 is 11.5 Å². The maximum atomic E-state index is 5.52. The van der Waals surface area contributed by atoms with E-state index in [9.17, 15) is 0 Å². The van der Waals surface area contributed by atoms with Crippen molar-refractivity contribution in [2.24, 2.45) is 0 Å². The molecule has 1 aromatic rings. The molecule has 1 heteroatoms. The van der Waals surface area contributed by atoms with Gasteiger partial charge in [-0.2, -0.15) is 0 Å². The molecule has 12 heavy (non-hydrogen) atoms. The first-order valence-electron chi connectivity index (χ1n) is 3.99. The van der Waals surface area contributed by atoms with Gasteiger partial charge in [-0.3, -0.25) is 0 Å². The van der Waals surface area contributed by atoms with Gasteiger partial charge in [0.1, 0.15) is 0 Å². The Labute approximate surface area is 73.0 Å². The Morgan fingerprint density at radius 3 is 2.00 bits per heavy atom. The van der Waals surface area contributed by atoms with Crippen molar-refractivity contribution in [1.29, 1.82) is 0 Å². The van der Waals surface area contributed by atoms with Gasteiger partial charge in [0.15, 0.2) is 0 Å². The molecule has 0 aromatic carbocycles. The Bertz CT molecular complexity index is 251. The van der Waals surface area contributed by atoms with E-state index in [1.807, 2.05) is 30.4 Å². The van der Waals surface area contributed by atoms with Crippen molar-refractivity contribution in [3.8, 4) is 0 Å². The van der Waals surface area contributed by atoms with Crippen molar-refractivity contribution >= 4 is 0 Å². The molecule has 0 spiro atoms. The molecule has 0 bridgehead atoms. The van der Waals surface area contributed by atoms with Gasteiger partial charge in [-0.05, 0) is 6.07 Å². The topological polar surface area (TPSA) is 11.3 Å². The first kappa shape index (κ1) is 8.72. The molecule has 0 N–H and O–H groups in total. The van der Waals surface area contributed by atoms with Gasteiger partial charge < -0.3 is 0 Å². The molecule has 0 amide bonds. The molecule has 62 valence electrons. The normalized spacial score (nSPS) is 9.33. The highest BCUT2D eigenvalue weighted by molar-refractivity contribution is 5.09. The van der Waals surface area contributed by atoms with Crippen molar-refractivity contribution in [2.75, 3.05) is 0 Å². The van der Waals surface area contributed by atoms with Gasteiger partial charge in [0.2, 0.25) is 0 Å². The van der Waals surface area contributed by atoms with Gasteiger partial charge in [0.05, 0.1) is 12.8 Å². The molecule has 1 heterocycles. The number of hydrogen-bond donors (Lipinski definition) is 0. The summed E-state index contributed by atoms with van der Waals surface area (Å²) in [7, 11) is 0. The van der Waals surface area contributed by atoms with E-state index in [2.05, 4.69) is 13.2 Å². The molecule has 0 aliphatic heterocycles. The average molecular weight is 161 g/mol. The minimum Gasteiger partial charge on any atom is -0.217 e. The first-order chi connectivity index (χ1) is 5.86. The Morgan fingerprint density at radius 1 is 1.08 bits per heavy atom. The molecular formula is C11H13O+. The summed E-state index contributed by atoms with van der Waals surface area (Å²) >= 11 is 0. The summed E-state index contributed by atoms with van der Waals surface area (Å²) in [6.07, 6.45) is 5.23. The minimum atomic E-state index is 0.783. The third-order valence-corrected chi connectivity index (χ3v) is 1.52. The molecule has 1 aromatic heterocycles. The van der Waals surface area contributed by atoms with Crippen LogP contribution in [0.2, 0.25) is 0 Å². The molecule has 0 atom stereocenters. The molecular weight excluding hydrogens is 148 g/mol. The standard InChI is InChI=1S/C11H13O/c1-3-6-10-8-5-9-11(12-10)7-4-2/h3-5,8-9H,1-2,6-7H2/q+1. The Balaban J connectivity index is 2.79. The summed E-state index contributed by atoms with van der Waals surface area (Å²) in [5.74, 6) is 1.90. The lowest BCUT2D eigenvalue weighted by molar-refractivity contribution is 0.467. The predicted molar refractivity (Wildman–Crippen MR) is 50.9 cm³/mol. The first-order valence-corrected chi connectivity index (χ1v) is 3.99. The smallest absolute Gasteiger partial charge is 0.217 e. The third-order valence-electron chi connectivity index (χ3n) is 1.52. The highest BCUT2D eigenvalue weighted by Crippen LogP contribution is 2.07. The second-order valence-corrected chi connectivity index (χ2v) is 2.55. The van der Waals surface area contributed by atoms with Gasteiger partial charge in [-0.25, -0.2) is 4.42 Å². The van der Waals surface area contributed by atoms with Crippen LogP contribution in [0, 0.1) is 0 Å².